The summed E-state index contributed by atoms with van der Waals surface area (Å²) in [7, 11) is 0. The number of aromatic nitrogens is 2. The number of imidazole rings is 1. The highest BCUT2D eigenvalue weighted by molar-refractivity contribution is 14.1. The number of esters is 1. The molecule has 186 valence electrons. The third-order valence-corrected chi connectivity index (χ3v) is 8.72. The predicted molar refractivity (Wildman–Crippen MR) is 139 cm³/mol. The standard InChI is InChI=1S/C26H35FIN3O3/c1-6-17(7-2)8-9-30-10-11-31(24(30)29)14-21(32)18-12-19(25(3,4)15-27)22-20(13-18)26(5,16-28)23(33)34-22/h10-13,17,29H,6-9,14-16H2,1-5H3. The van der Waals surface area contributed by atoms with Crippen LogP contribution in [0.4, 0.5) is 4.39 Å². The van der Waals surface area contributed by atoms with Crippen molar-refractivity contribution in [2.45, 2.75) is 77.8 Å². The van der Waals surface area contributed by atoms with Crippen LogP contribution in [-0.2, 0) is 28.7 Å². The summed E-state index contributed by atoms with van der Waals surface area (Å²) in [4.78, 5) is 26.0. The van der Waals surface area contributed by atoms with Crippen molar-refractivity contribution < 1.29 is 18.7 Å². The van der Waals surface area contributed by atoms with E-state index in [1.807, 2.05) is 10.8 Å². The molecule has 2 aromatic rings. The highest BCUT2D eigenvalue weighted by atomic mass is 127. The second kappa shape index (κ2) is 10.3. The van der Waals surface area contributed by atoms with E-state index in [1.54, 1.807) is 43.7 Å². The number of carbonyl (C=O) groups is 2. The summed E-state index contributed by atoms with van der Waals surface area (Å²) in [6.07, 6.45) is 6.83. The number of ketones is 1. The quantitative estimate of drug-likeness (QED) is 0.128. The van der Waals surface area contributed by atoms with Gasteiger partial charge >= 0.3 is 5.97 Å². The van der Waals surface area contributed by atoms with Gasteiger partial charge in [-0.3, -0.25) is 19.4 Å². The van der Waals surface area contributed by atoms with Crippen molar-refractivity contribution in [2.24, 2.45) is 5.92 Å². The average Bonchev–Trinajstić information content (AvgIpc) is 3.30. The second-order valence-corrected chi connectivity index (χ2v) is 10.9. The number of fused-ring (bicyclic) bond motifs is 1. The molecule has 1 aliphatic rings. The van der Waals surface area contributed by atoms with Crippen LogP contribution in [-0.4, -0.2) is 32.0 Å². The van der Waals surface area contributed by atoms with Crippen LogP contribution < -0.4 is 10.4 Å². The maximum atomic E-state index is 14.0. The Kier molecular flexibility index (Phi) is 8.10. The van der Waals surface area contributed by atoms with Crippen molar-refractivity contribution in [3.8, 4) is 5.75 Å². The molecule has 0 saturated heterocycles. The zero-order valence-electron chi connectivity index (χ0n) is 20.7. The van der Waals surface area contributed by atoms with Crippen molar-refractivity contribution in [1.29, 1.82) is 5.41 Å². The van der Waals surface area contributed by atoms with Gasteiger partial charge < -0.3 is 13.9 Å². The number of alkyl halides is 2. The third-order valence-electron chi connectivity index (χ3n) is 7.20. The molecule has 1 aliphatic heterocycles. The Morgan fingerprint density at radius 2 is 1.88 bits per heavy atom. The molecule has 0 aliphatic carbocycles. The number of nitrogens with one attached hydrogen (secondary N) is 1. The fourth-order valence-corrected chi connectivity index (χ4v) is 5.09. The molecule has 0 saturated carbocycles. The van der Waals surface area contributed by atoms with E-state index in [9.17, 15) is 14.0 Å². The molecule has 1 aromatic heterocycles. The minimum absolute atomic E-state index is 0.000844. The summed E-state index contributed by atoms with van der Waals surface area (Å²) in [6.45, 7) is 9.73. The van der Waals surface area contributed by atoms with Gasteiger partial charge in [-0.1, -0.05) is 63.1 Å². The van der Waals surface area contributed by atoms with Crippen LogP contribution in [0.5, 0.6) is 5.75 Å². The first-order chi connectivity index (χ1) is 16.0. The monoisotopic (exact) mass is 583 g/mol. The van der Waals surface area contributed by atoms with Gasteiger partial charge in [-0.2, -0.15) is 0 Å². The lowest BCUT2D eigenvalue weighted by Gasteiger charge is -2.25. The van der Waals surface area contributed by atoms with Crippen molar-refractivity contribution in [2.75, 3.05) is 11.1 Å². The molecule has 1 atom stereocenters. The van der Waals surface area contributed by atoms with Crippen LogP contribution in [0.25, 0.3) is 0 Å². The van der Waals surface area contributed by atoms with Gasteiger partial charge in [-0.25, -0.2) is 0 Å². The molecule has 0 amide bonds. The largest absolute Gasteiger partial charge is 0.425 e. The number of nitrogens with zero attached hydrogens (tertiary/aromatic N) is 2. The number of rotatable bonds is 11. The molecular weight excluding hydrogens is 548 g/mol. The molecular formula is C26H35FIN3O3. The van der Waals surface area contributed by atoms with Gasteiger partial charge in [0.2, 0.25) is 5.62 Å². The van der Waals surface area contributed by atoms with Gasteiger partial charge in [0.05, 0.1) is 13.2 Å². The lowest BCUT2D eigenvalue weighted by Crippen LogP contribution is -2.32. The van der Waals surface area contributed by atoms with Crippen molar-refractivity contribution >= 4 is 34.3 Å². The molecule has 0 spiro atoms. The molecule has 0 bridgehead atoms. The second-order valence-electron chi connectivity index (χ2n) is 10.1. The van der Waals surface area contributed by atoms with E-state index in [2.05, 4.69) is 36.4 Å². The lowest BCUT2D eigenvalue weighted by atomic mass is 9.78. The van der Waals surface area contributed by atoms with Crippen LogP contribution in [0.15, 0.2) is 24.5 Å². The zero-order valence-corrected chi connectivity index (χ0v) is 22.9. The number of benzene rings is 1. The van der Waals surface area contributed by atoms with Gasteiger partial charge in [0.25, 0.3) is 0 Å². The van der Waals surface area contributed by atoms with Crippen LogP contribution in [0.1, 0.15) is 75.4 Å². The Labute approximate surface area is 214 Å². The number of ether oxygens (including phenoxy) is 1. The lowest BCUT2D eigenvalue weighted by molar-refractivity contribution is -0.136. The number of carbonyl (C=O) groups excluding carboxylic acids is 2. The Balaban J connectivity index is 1.94. The van der Waals surface area contributed by atoms with Crippen molar-refractivity contribution in [1.82, 2.24) is 9.13 Å². The number of Topliss-reactive ketones (excluding diaryl/α,β-unsaturated/α-hetero) is 1. The molecule has 0 radical (unpaired) electrons. The van der Waals surface area contributed by atoms with Crippen molar-refractivity contribution in [3.05, 3.63) is 46.8 Å². The molecule has 1 aromatic carbocycles. The summed E-state index contributed by atoms with van der Waals surface area (Å²) < 4.78 is 23.5. The molecule has 0 fully saturated rings. The first-order valence-corrected chi connectivity index (χ1v) is 13.4. The van der Waals surface area contributed by atoms with E-state index in [0.717, 1.165) is 25.8 Å². The molecule has 1 unspecified atom stereocenters. The van der Waals surface area contributed by atoms with E-state index < -0.39 is 17.5 Å². The summed E-state index contributed by atoms with van der Waals surface area (Å²) in [5.74, 6) is 0.433. The maximum absolute atomic E-state index is 14.0. The number of hydrogen-bond donors (Lipinski definition) is 1. The van der Waals surface area contributed by atoms with E-state index in [1.165, 1.54) is 0 Å². The minimum Gasteiger partial charge on any atom is -0.425 e. The van der Waals surface area contributed by atoms with E-state index in [0.29, 0.717) is 32.8 Å². The SMILES string of the molecule is CCC(CC)CCn1ccn(CC(=O)c2cc(C(C)(C)CF)c3c(c2)C(C)(CI)C(=O)O3)c1=N. The first-order valence-electron chi connectivity index (χ1n) is 11.9. The van der Waals surface area contributed by atoms with Gasteiger partial charge in [0.1, 0.15) is 11.2 Å². The van der Waals surface area contributed by atoms with E-state index >= 15 is 0 Å². The van der Waals surface area contributed by atoms with Crippen LogP contribution in [0.3, 0.4) is 0 Å². The Morgan fingerprint density at radius 3 is 2.47 bits per heavy atom. The summed E-state index contributed by atoms with van der Waals surface area (Å²) >= 11 is 2.14. The van der Waals surface area contributed by atoms with Crippen molar-refractivity contribution in [3.63, 3.8) is 0 Å². The fourth-order valence-electron chi connectivity index (χ4n) is 4.37. The normalized spacial score (nSPS) is 17.8. The molecule has 8 heteroatoms. The average molecular weight is 583 g/mol. The van der Waals surface area contributed by atoms with Gasteiger partial charge in [-0.15, -0.1) is 0 Å². The van der Waals surface area contributed by atoms with Gasteiger partial charge in [0.15, 0.2) is 5.78 Å². The highest BCUT2D eigenvalue weighted by Gasteiger charge is 2.47. The third kappa shape index (κ3) is 4.88. The van der Waals surface area contributed by atoms with Crippen LogP contribution in [0, 0.1) is 11.3 Å². The number of halogens is 2. The summed E-state index contributed by atoms with van der Waals surface area (Å²) in [5, 5.41) is 8.51. The molecule has 6 nitrogen and oxygen atoms in total. The molecule has 34 heavy (non-hydrogen) atoms. The van der Waals surface area contributed by atoms with E-state index in [4.69, 9.17) is 10.1 Å². The smallest absolute Gasteiger partial charge is 0.322 e. The Bertz CT molecular complexity index is 1130. The molecule has 3 rings (SSSR count). The maximum Gasteiger partial charge on any atom is 0.322 e. The first kappa shape index (κ1) is 26.6. The minimum atomic E-state index is -0.913. The predicted octanol–water partition coefficient (Wildman–Crippen LogP) is 5.34. The summed E-state index contributed by atoms with van der Waals surface area (Å²) in [5.41, 5.74) is 0.0365. The number of hydrogen-bond acceptors (Lipinski definition) is 4. The fraction of sp³-hybridized carbons (Fsp3) is 0.577. The molecule has 1 N–H and O–H groups in total. The molecule has 2 heterocycles. The Morgan fingerprint density at radius 1 is 1.24 bits per heavy atom. The van der Waals surface area contributed by atoms with Crippen LogP contribution >= 0.6 is 22.6 Å². The van der Waals surface area contributed by atoms with E-state index in [-0.39, 0.29) is 23.9 Å². The van der Waals surface area contributed by atoms with Gasteiger partial charge in [0, 0.05) is 45.5 Å². The number of aryl methyl sites for hydroxylation is 1. The Hall–Kier alpha value is -1.97. The highest BCUT2D eigenvalue weighted by Crippen LogP contribution is 2.47. The van der Waals surface area contributed by atoms with Crippen LogP contribution in [0.2, 0.25) is 0 Å². The summed E-state index contributed by atoms with van der Waals surface area (Å²) in [6, 6.07) is 3.37. The topological polar surface area (TPSA) is 77.1 Å². The zero-order chi connectivity index (χ0) is 25.3. The van der Waals surface area contributed by atoms with Gasteiger partial charge in [-0.05, 0) is 31.4 Å².